The molecule has 1 aromatic heterocycles. The number of ether oxygens (including phenoxy) is 1. The minimum Gasteiger partial charge on any atom is -0.466 e. The Kier molecular flexibility index (Phi) is 6.93. The molecule has 0 bridgehead atoms. The van der Waals surface area contributed by atoms with Gasteiger partial charge in [0.1, 0.15) is 11.1 Å². The predicted molar refractivity (Wildman–Crippen MR) is 114 cm³/mol. The number of benzene rings is 1. The highest BCUT2D eigenvalue weighted by Gasteiger charge is 2.64. The molecule has 2 N–H and O–H groups in total. The summed E-state index contributed by atoms with van der Waals surface area (Å²) in [5.41, 5.74) is -3.33. The number of aryl methyl sites for hydroxylation is 1. The third-order valence-electron chi connectivity index (χ3n) is 4.98. The number of methoxy groups -OCH3 is 1. The van der Waals surface area contributed by atoms with Crippen molar-refractivity contribution in [2.45, 2.75) is 37.5 Å². The van der Waals surface area contributed by atoms with Crippen molar-refractivity contribution in [2.24, 2.45) is 0 Å². The van der Waals surface area contributed by atoms with Crippen LogP contribution in [-0.4, -0.2) is 30.8 Å². The molecule has 0 aliphatic heterocycles. The third-order valence-corrected chi connectivity index (χ3v) is 6.73. The molecule has 0 spiro atoms. The van der Waals surface area contributed by atoms with E-state index < -0.39 is 23.7 Å². The maximum atomic E-state index is 14.3. The maximum Gasteiger partial charge on any atom is 0.441 e. The smallest absolute Gasteiger partial charge is 0.441 e. The van der Waals surface area contributed by atoms with E-state index in [0.717, 1.165) is 42.2 Å². The van der Waals surface area contributed by atoms with E-state index in [1.165, 1.54) is 12.1 Å². The molecule has 1 aliphatic carbocycles. The molecule has 1 heterocycles. The van der Waals surface area contributed by atoms with Gasteiger partial charge in [0.15, 0.2) is 0 Å². The van der Waals surface area contributed by atoms with Gasteiger partial charge in [0.05, 0.1) is 23.3 Å². The fourth-order valence-electron chi connectivity index (χ4n) is 3.40. The number of amides is 1. The van der Waals surface area contributed by atoms with Crippen molar-refractivity contribution in [1.82, 2.24) is 5.32 Å². The molecule has 170 valence electrons. The van der Waals surface area contributed by atoms with Gasteiger partial charge in [-0.05, 0) is 49.4 Å². The minimum atomic E-state index is -5.34. The van der Waals surface area contributed by atoms with Gasteiger partial charge >= 0.3 is 17.8 Å². The Hall–Kier alpha value is -2.48. The highest BCUT2D eigenvalue weighted by atomic mass is 35.5. The summed E-state index contributed by atoms with van der Waals surface area (Å²) in [7, 11) is 0.760. The number of thiophene rings is 1. The average Bonchev–Trinajstić information content (AvgIpc) is 3.08. The molecular formula is C20H16Cl2F3N3O3S. The molecule has 6 nitrogen and oxygen atoms in total. The lowest BCUT2D eigenvalue weighted by molar-refractivity contribution is -0.203. The number of hydrogen-bond donors (Lipinski definition) is 2. The van der Waals surface area contributed by atoms with Gasteiger partial charge in [0.25, 0.3) is 5.91 Å². The van der Waals surface area contributed by atoms with Crippen LogP contribution in [0.5, 0.6) is 0 Å². The monoisotopic (exact) mass is 505 g/mol. The summed E-state index contributed by atoms with van der Waals surface area (Å²) in [4.78, 5) is 26.0. The summed E-state index contributed by atoms with van der Waals surface area (Å²) in [6.45, 7) is 0. The number of halogens is 5. The molecular weight excluding hydrogens is 490 g/mol. The molecule has 0 saturated carbocycles. The van der Waals surface area contributed by atoms with Crippen LogP contribution in [0.2, 0.25) is 10.0 Å². The highest BCUT2D eigenvalue weighted by molar-refractivity contribution is 7.16. The number of esters is 1. The number of fused-ring (bicyclic) bond motifs is 1. The number of rotatable bonds is 5. The number of hydrogen-bond acceptors (Lipinski definition) is 6. The lowest BCUT2D eigenvalue weighted by atomic mass is 9.96. The minimum absolute atomic E-state index is 0.0148. The van der Waals surface area contributed by atoms with Crippen LogP contribution in [0.1, 0.15) is 39.2 Å². The van der Waals surface area contributed by atoms with Crippen LogP contribution in [0.25, 0.3) is 0 Å². The van der Waals surface area contributed by atoms with Crippen molar-refractivity contribution in [1.29, 1.82) is 5.26 Å². The van der Waals surface area contributed by atoms with Gasteiger partial charge in [-0.2, -0.15) is 18.4 Å². The number of nitrogens with zero attached hydrogens (tertiary/aromatic N) is 1. The standard InChI is InChI=1S/C20H16Cl2F3N3O3S/c1-31-18(30)19(20(23,24)25,27-16(29)12-7-6-10(21)8-14(12)22)28-17-13(9-26)11-4-2-3-5-15(11)32-17/h6-8,28H,2-5H2,1H3,(H,27,29)/t19-/m1/s1. The molecule has 0 radical (unpaired) electrons. The molecule has 1 aliphatic rings. The molecule has 0 unspecified atom stereocenters. The SMILES string of the molecule is COC(=O)[C@@](NC(=O)c1ccc(Cl)cc1Cl)(Nc1sc2c(c1C#N)CCCC2)C(F)(F)F. The molecule has 0 fully saturated rings. The topological polar surface area (TPSA) is 91.2 Å². The summed E-state index contributed by atoms with van der Waals surface area (Å²) in [5.74, 6) is -3.10. The summed E-state index contributed by atoms with van der Waals surface area (Å²) >= 11 is 12.7. The summed E-state index contributed by atoms with van der Waals surface area (Å²) in [6.07, 6.45) is -2.55. The number of alkyl halides is 3. The normalized spacial score (nSPS) is 15.2. The highest BCUT2D eigenvalue weighted by Crippen LogP contribution is 2.42. The van der Waals surface area contributed by atoms with E-state index in [-0.39, 0.29) is 26.2 Å². The number of anilines is 1. The van der Waals surface area contributed by atoms with Gasteiger partial charge in [-0.15, -0.1) is 11.3 Å². The van der Waals surface area contributed by atoms with Crippen LogP contribution in [0.3, 0.4) is 0 Å². The first-order chi connectivity index (χ1) is 15.0. The lowest BCUT2D eigenvalue weighted by Crippen LogP contribution is -2.69. The first-order valence-corrected chi connectivity index (χ1v) is 10.9. The fourth-order valence-corrected chi connectivity index (χ4v) is 5.19. The second kappa shape index (κ2) is 9.17. The zero-order valence-electron chi connectivity index (χ0n) is 16.5. The number of carbonyl (C=O) groups is 2. The van der Waals surface area contributed by atoms with E-state index in [4.69, 9.17) is 23.2 Å². The van der Waals surface area contributed by atoms with Crippen molar-refractivity contribution in [3.63, 3.8) is 0 Å². The van der Waals surface area contributed by atoms with Crippen molar-refractivity contribution in [3.05, 3.63) is 49.8 Å². The second-order valence-corrected chi connectivity index (χ2v) is 8.92. The molecule has 1 atom stereocenters. The second-order valence-electron chi connectivity index (χ2n) is 6.97. The largest absolute Gasteiger partial charge is 0.466 e. The van der Waals surface area contributed by atoms with E-state index >= 15 is 0 Å². The summed E-state index contributed by atoms with van der Waals surface area (Å²) in [6, 6.07) is 5.49. The van der Waals surface area contributed by atoms with Crippen LogP contribution < -0.4 is 10.6 Å². The number of nitriles is 1. The van der Waals surface area contributed by atoms with Gasteiger partial charge in [0, 0.05) is 9.90 Å². The maximum absolute atomic E-state index is 14.3. The van der Waals surface area contributed by atoms with Gasteiger partial charge in [0.2, 0.25) is 0 Å². The molecule has 1 amide bonds. The number of carbonyl (C=O) groups excluding carboxylic acids is 2. The van der Waals surface area contributed by atoms with Crippen molar-refractivity contribution < 1.29 is 27.5 Å². The Morgan fingerprint density at radius 2 is 1.91 bits per heavy atom. The van der Waals surface area contributed by atoms with E-state index in [1.807, 2.05) is 6.07 Å². The average molecular weight is 506 g/mol. The third kappa shape index (κ3) is 4.37. The van der Waals surface area contributed by atoms with E-state index in [1.54, 1.807) is 5.32 Å². The lowest BCUT2D eigenvalue weighted by Gasteiger charge is -2.34. The Morgan fingerprint density at radius 1 is 1.22 bits per heavy atom. The van der Waals surface area contributed by atoms with Crippen molar-refractivity contribution >= 4 is 51.4 Å². The Labute approximate surface area is 195 Å². The first kappa shape index (κ1) is 24.2. The fraction of sp³-hybridized carbons (Fsp3) is 0.350. The van der Waals surface area contributed by atoms with E-state index in [9.17, 15) is 28.0 Å². The first-order valence-electron chi connectivity index (χ1n) is 9.29. The van der Waals surface area contributed by atoms with Gasteiger partial charge in [-0.3, -0.25) is 4.79 Å². The molecule has 0 saturated heterocycles. The Bertz CT molecular complexity index is 1110. The van der Waals surface area contributed by atoms with Crippen LogP contribution in [0.15, 0.2) is 18.2 Å². The zero-order chi connectivity index (χ0) is 23.7. The van der Waals surface area contributed by atoms with Gasteiger partial charge in [-0.1, -0.05) is 23.2 Å². The Balaban J connectivity index is 2.10. The molecule has 32 heavy (non-hydrogen) atoms. The van der Waals surface area contributed by atoms with Crippen LogP contribution in [-0.2, 0) is 22.4 Å². The van der Waals surface area contributed by atoms with Crippen molar-refractivity contribution in [2.75, 3.05) is 12.4 Å². The molecule has 12 heteroatoms. The van der Waals surface area contributed by atoms with Gasteiger partial charge < -0.3 is 15.4 Å². The van der Waals surface area contributed by atoms with Crippen LogP contribution in [0, 0.1) is 11.3 Å². The summed E-state index contributed by atoms with van der Waals surface area (Å²) < 4.78 is 47.5. The Morgan fingerprint density at radius 3 is 2.50 bits per heavy atom. The predicted octanol–water partition coefficient (Wildman–Crippen LogP) is 5.08. The molecule has 3 rings (SSSR count). The van der Waals surface area contributed by atoms with E-state index in [0.29, 0.717) is 18.4 Å². The van der Waals surface area contributed by atoms with E-state index in [2.05, 4.69) is 10.1 Å². The van der Waals surface area contributed by atoms with Crippen molar-refractivity contribution in [3.8, 4) is 6.07 Å². The van der Waals surface area contributed by atoms with Crippen LogP contribution >= 0.6 is 34.5 Å². The summed E-state index contributed by atoms with van der Waals surface area (Å²) in [5, 5.41) is 13.2. The molecule has 1 aromatic carbocycles. The van der Waals surface area contributed by atoms with Gasteiger partial charge in [-0.25, -0.2) is 4.79 Å². The zero-order valence-corrected chi connectivity index (χ0v) is 18.9. The molecule has 2 aromatic rings. The van der Waals surface area contributed by atoms with Crippen LogP contribution in [0.4, 0.5) is 18.2 Å². The quantitative estimate of drug-likeness (QED) is 0.436. The number of nitrogens with one attached hydrogen (secondary N) is 2.